The van der Waals surface area contributed by atoms with Crippen LogP contribution >= 0.6 is 0 Å². The normalized spacial score (nSPS) is 18.7. The standard InChI is InChI=1S/C21H30N3S.Cu/c1-16(8-6-9-17(2)13-15-23-24-20(22)25)11-12-19-18(3)10-7-14-21(19,4)5;/h6,8-9,11-13,15H,7,10,14H2,1-5H3,(H2-,22,24,25);/q-1;+2/p-1/b9-6+,12-11+,16-8-,17-13+,23-15-;. The van der Waals surface area contributed by atoms with Crippen LogP contribution in [-0.4, -0.2) is 11.4 Å². The summed E-state index contributed by atoms with van der Waals surface area (Å²) in [5.41, 5.74) is 9.02. The molecular weight excluding hydrogens is 390 g/mol. The first-order valence-electron chi connectivity index (χ1n) is 8.62. The van der Waals surface area contributed by atoms with Gasteiger partial charge in [0, 0.05) is 6.21 Å². The van der Waals surface area contributed by atoms with Crippen molar-refractivity contribution in [3.63, 3.8) is 0 Å². The molecule has 1 rings (SSSR count). The fraction of sp³-hybridized carbons (Fsp3) is 0.429. The topological polar surface area (TPSA) is 50.3 Å². The third-order valence-electron chi connectivity index (χ3n) is 4.33. The van der Waals surface area contributed by atoms with Crippen molar-refractivity contribution < 1.29 is 17.1 Å². The number of hydrogen-bond donors (Lipinski definition) is 1. The predicted molar refractivity (Wildman–Crippen MR) is 113 cm³/mol. The van der Waals surface area contributed by atoms with Gasteiger partial charge in [0.25, 0.3) is 0 Å². The molecule has 0 unspecified atom stereocenters. The Morgan fingerprint density at radius 2 is 1.85 bits per heavy atom. The van der Waals surface area contributed by atoms with Crippen LogP contribution in [0.1, 0.15) is 53.9 Å². The zero-order chi connectivity index (χ0) is 18.9. The largest absolute Gasteiger partial charge is 2.00 e. The van der Waals surface area contributed by atoms with Gasteiger partial charge in [-0.2, -0.15) is 0 Å². The summed E-state index contributed by atoms with van der Waals surface area (Å²) in [7, 11) is 0. The average Bonchev–Trinajstić information content (AvgIpc) is 2.50. The molecule has 1 N–H and O–H groups in total. The van der Waals surface area contributed by atoms with Crippen molar-refractivity contribution >= 4 is 24.0 Å². The summed E-state index contributed by atoms with van der Waals surface area (Å²) in [6, 6.07) is 0. The zero-order valence-electron chi connectivity index (χ0n) is 16.3. The Morgan fingerprint density at radius 3 is 2.46 bits per heavy atom. The van der Waals surface area contributed by atoms with Crippen LogP contribution < -0.4 is 0 Å². The molecule has 1 aliphatic rings. The maximum atomic E-state index is 6.97. The minimum Gasteiger partial charge on any atom is -0.788 e. The monoisotopic (exact) mass is 418 g/mol. The fourth-order valence-corrected chi connectivity index (χ4v) is 2.97. The molecule has 0 heterocycles. The van der Waals surface area contributed by atoms with E-state index in [4.69, 9.17) is 5.41 Å². The van der Waals surface area contributed by atoms with Crippen LogP contribution in [0, 0.1) is 10.8 Å². The predicted octanol–water partition coefficient (Wildman–Crippen LogP) is 6.36. The molecule has 5 heteroatoms. The van der Waals surface area contributed by atoms with Gasteiger partial charge in [-0.3, -0.25) is 5.10 Å². The van der Waals surface area contributed by atoms with Crippen molar-refractivity contribution in [1.29, 1.82) is 5.41 Å². The van der Waals surface area contributed by atoms with Crippen LogP contribution in [0.25, 0.3) is 5.43 Å². The molecule has 0 aromatic rings. The van der Waals surface area contributed by atoms with Gasteiger partial charge in [0.2, 0.25) is 0 Å². The van der Waals surface area contributed by atoms with E-state index in [1.807, 2.05) is 25.2 Å². The van der Waals surface area contributed by atoms with Crippen molar-refractivity contribution in [2.45, 2.75) is 53.9 Å². The molecule has 0 atom stereocenters. The van der Waals surface area contributed by atoms with Gasteiger partial charge in [-0.1, -0.05) is 55.4 Å². The second kappa shape index (κ2) is 12.1. The van der Waals surface area contributed by atoms with E-state index in [0.717, 1.165) is 5.57 Å². The number of amidine groups is 1. The fourth-order valence-electron chi connectivity index (χ4n) is 2.92. The second-order valence-electron chi connectivity index (χ2n) is 7.11. The molecule has 0 fully saturated rings. The molecule has 0 bridgehead atoms. The average molecular weight is 419 g/mol. The van der Waals surface area contributed by atoms with Gasteiger partial charge in [0.05, 0.1) is 0 Å². The van der Waals surface area contributed by atoms with Crippen LogP contribution in [0.2, 0.25) is 0 Å². The van der Waals surface area contributed by atoms with Crippen LogP contribution in [0.3, 0.4) is 0 Å². The van der Waals surface area contributed by atoms with Gasteiger partial charge in [0.15, 0.2) is 0 Å². The van der Waals surface area contributed by atoms with Crippen LogP contribution in [0.15, 0.2) is 63.8 Å². The van der Waals surface area contributed by atoms with Crippen molar-refractivity contribution in [1.82, 2.24) is 0 Å². The summed E-state index contributed by atoms with van der Waals surface area (Å²) >= 11 is 4.50. The molecule has 0 aromatic carbocycles. The van der Waals surface area contributed by atoms with E-state index in [-0.39, 0.29) is 27.7 Å². The zero-order valence-corrected chi connectivity index (χ0v) is 18.0. The number of nitrogens with one attached hydrogen (secondary N) is 1. The Kier molecular flexibility index (Phi) is 11.4. The summed E-state index contributed by atoms with van der Waals surface area (Å²) < 4.78 is 0. The molecule has 1 radical (unpaired) electrons. The maximum absolute atomic E-state index is 6.97. The first-order chi connectivity index (χ1) is 11.7. The minimum absolute atomic E-state index is 0. The quantitative estimate of drug-likeness (QED) is 0.134. The van der Waals surface area contributed by atoms with Gasteiger partial charge in [-0.15, -0.1) is 0 Å². The number of hydrogen-bond acceptors (Lipinski definition) is 3. The molecule has 26 heavy (non-hydrogen) atoms. The molecule has 1 aliphatic carbocycles. The second-order valence-corrected chi connectivity index (χ2v) is 7.50. The van der Waals surface area contributed by atoms with E-state index in [0.29, 0.717) is 0 Å². The molecular formula is C21H29CuN3S. The van der Waals surface area contributed by atoms with Crippen molar-refractivity contribution in [3.8, 4) is 0 Å². The summed E-state index contributed by atoms with van der Waals surface area (Å²) in [5.74, 6) is 0. The molecule has 0 saturated heterocycles. The van der Waals surface area contributed by atoms with Gasteiger partial charge < -0.3 is 23.5 Å². The van der Waals surface area contributed by atoms with Gasteiger partial charge >= 0.3 is 17.1 Å². The number of rotatable bonds is 6. The molecule has 145 valence electrons. The van der Waals surface area contributed by atoms with Gasteiger partial charge in [-0.25, -0.2) is 5.17 Å². The SMILES string of the molecule is CC1=C(/C=C/C(C)=C\C=C\C(C)=C\C=N/[N-]C(=N)[S-])C(C)(C)CCC1.[Cu+2]. The van der Waals surface area contributed by atoms with Crippen LogP contribution in [-0.2, 0) is 29.7 Å². The minimum atomic E-state index is -0.213. The van der Waals surface area contributed by atoms with Gasteiger partial charge in [0.1, 0.15) is 0 Å². The van der Waals surface area contributed by atoms with E-state index >= 15 is 0 Å². The van der Waals surface area contributed by atoms with Crippen molar-refractivity contribution in [2.24, 2.45) is 10.5 Å². The Balaban J connectivity index is 0.00000625. The number of allylic oxidation sites excluding steroid dienone is 10. The van der Waals surface area contributed by atoms with Crippen molar-refractivity contribution in [2.75, 3.05) is 0 Å². The Morgan fingerprint density at radius 1 is 1.19 bits per heavy atom. The smallest absolute Gasteiger partial charge is 0.788 e. The third-order valence-corrected chi connectivity index (χ3v) is 4.41. The van der Waals surface area contributed by atoms with Crippen molar-refractivity contribution in [3.05, 3.63) is 64.2 Å². The summed E-state index contributed by atoms with van der Waals surface area (Å²) in [6.45, 7) is 11.0. The van der Waals surface area contributed by atoms with Crippen LogP contribution in [0.4, 0.5) is 0 Å². The summed E-state index contributed by atoms with van der Waals surface area (Å²) in [4.78, 5) is 0. The molecule has 0 amide bonds. The van der Waals surface area contributed by atoms with E-state index < -0.39 is 0 Å². The summed E-state index contributed by atoms with van der Waals surface area (Å²) in [6.07, 6.45) is 17.8. The van der Waals surface area contributed by atoms with Gasteiger partial charge in [-0.05, 0) is 62.7 Å². The number of nitrogens with zero attached hydrogens (tertiary/aromatic N) is 2. The van der Waals surface area contributed by atoms with Crippen LogP contribution in [0.5, 0.6) is 0 Å². The van der Waals surface area contributed by atoms with E-state index in [1.165, 1.54) is 42.2 Å². The Hall–Kier alpha value is -1.42. The van der Waals surface area contributed by atoms with E-state index in [9.17, 15) is 0 Å². The Labute approximate surface area is 174 Å². The first-order valence-corrected chi connectivity index (χ1v) is 9.03. The summed E-state index contributed by atoms with van der Waals surface area (Å²) in [5, 5.41) is 10.4. The molecule has 0 saturated carbocycles. The maximum Gasteiger partial charge on any atom is 2.00 e. The van der Waals surface area contributed by atoms with E-state index in [2.05, 4.69) is 69.1 Å². The molecule has 0 aromatic heterocycles. The molecule has 3 nitrogen and oxygen atoms in total. The first kappa shape index (κ1) is 24.6. The van der Waals surface area contributed by atoms with E-state index in [1.54, 1.807) is 0 Å². The molecule has 0 aliphatic heterocycles. The molecule has 0 spiro atoms. The Bertz CT molecular complexity index is 665. The third kappa shape index (κ3) is 9.32.